The van der Waals surface area contributed by atoms with E-state index in [1.54, 1.807) is 0 Å². The van der Waals surface area contributed by atoms with Gasteiger partial charge in [-0.2, -0.15) is 0 Å². The topological polar surface area (TPSA) is 9.23 Å². The van der Waals surface area contributed by atoms with Crippen LogP contribution >= 0.6 is 22.9 Å². The summed E-state index contributed by atoms with van der Waals surface area (Å²) in [4.78, 5) is 2.69. The molecule has 0 N–H and O–H groups in total. The van der Waals surface area contributed by atoms with Crippen molar-refractivity contribution in [3.05, 3.63) is 21.4 Å². The van der Waals surface area contributed by atoms with Crippen LogP contribution in [-0.2, 0) is 4.74 Å². The van der Waals surface area contributed by atoms with Crippen LogP contribution in [-0.4, -0.2) is 13.2 Å². The molecule has 2 unspecified atom stereocenters. The van der Waals surface area contributed by atoms with Crippen molar-refractivity contribution in [2.75, 3.05) is 13.2 Å². The van der Waals surface area contributed by atoms with Gasteiger partial charge in [-0.25, -0.2) is 0 Å². The van der Waals surface area contributed by atoms with Crippen LogP contribution < -0.4 is 0 Å². The fraction of sp³-hybridized carbons (Fsp3) is 0.667. The van der Waals surface area contributed by atoms with Crippen molar-refractivity contribution in [1.29, 1.82) is 0 Å². The summed E-state index contributed by atoms with van der Waals surface area (Å²) in [5.74, 6) is 0.497. The van der Waals surface area contributed by atoms with Crippen LogP contribution in [0.2, 0.25) is 0 Å². The van der Waals surface area contributed by atoms with Crippen LogP contribution in [0.5, 0.6) is 0 Å². The van der Waals surface area contributed by atoms with Crippen molar-refractivity contribution in [1.82, 2.24) is 0 Å². The first kappa shape index (κ1) is 11.4. The normalized spacial score (nSPS) is 24.1. The van der Waals surface area contributed by atoms with Crippen LogP contribution in [0, 0.1) is 19.8 Å². The van der Waals surface area contributed by atoms with E-state index in [1.165, 1.54) is 21.7 Å². The van der Waals surface area contributed by atoms with Crippen molar-refractivity contribution < 1.29 is 4.74 Å². The molecule has 0 spiro atoms. The molecule has 0 bridgehead atoms. The van der Waals surface area contributed by atoms with Crippen LogP contribution in [0.1, 0.15) is 33.5 Å². The summed E-state index contributed by atoms with van der Waals surface area (Å²) in [6, 6.07) is 2.22. The van der Waals surface area contributed by atoms with Crippen LogP contribution in [0.4, 0.5) is 0 Å². The Hall–Kier alpha value is -0.0500. The van der Waals surface area contributed by atoms with Gasteiger partial charge in [-0.3, -0.25) is 0 Å². The molecule has 3 heteroatoms. The Morgan fingerprint density at radius 1 is 1.53 bits per heavy atom. The van der Waals surface area contributed by atoms with Crippen molar-refractivity contribution in [2.45, 2.75) is 32.1 Å². The van der Waals surface area contributed by atoms with E-state index in [-0.39, 0.29) is 5.38 Å². The molecule has 0 saturated carbocycles. The number of hydrogen-bond donors (Lipinski definition) is 0. The molecule has 1 saturated heterocycles. The maximum atomic E-state index is 6.53. The zero-order valence-corrected chi connectivity index (χ0v) is 10.8. The van der Waals surface area contributed by atoms with Gasteiger partial charge in [0.2, 0.25) is 0 Å². The highest BCUT2D eigenvalue weighted by molar-refractivity contribution is 7.12. The van der Waals surface area contributed by atoms with E-state index >= 15 is 0 Å². The van der Waals surface area contributed by atoms with E-state index < -0.39 is 0 Å². The number of halogens is 1. The van der Waals surface area contributed by atoms with Gasteiger partial charge in [0.1, 0.15) is 0 Å². The van der Waals surface area contributed by atoms with Crippen molar-refractivity contribution >= 4 is 22.9 Å². The summed E-state index contributed by atoms with van der Waals surface area (Å²) in [6.45, 7) is 6.02. The summed E-state index contributed by atoms with van der Waals surface area (Å²) in [7, 11) is 0. The van der Waals surface area contributed by atoms with Crippen LogP contribution in [0.3, 0.4) is 0 Å². The maximum Gasteiger partial charge on any atom is 0.0731 e. The van der Waals surface area contributed by atoms with Gasteiger partial charge in [-0.1, -0.05) is 0 Å². The van der Waals surface area contributed by atoms with Gasteiger partial charge in [0.15, 0.2) is 0 Å². The molecular formula is C12H17ClOS. The highest BCUT2D eigenvalue weighted by Crippen LogP contribution is 2.39. The van der Waals surface area contributed by atoms with Gasteiger partial charge in [0.05, 0.1) is 12.0 Å². The second-order valence-electron chi connectivity index (χ2n) is 4.28. The lowest BCUT2D eigenvalue weighted by molar-refractivity contribution is 0.0534. The summed E-state index contributed by atoms with van der Waals surface area (Å²) in [6.07, 6.45) is 2.35. The first-order chi connectivity index (χ1) is 7.18. The van der Waals surface area contributed by atoms with Gasteiger partial charge in [-0.05, 0) is 38.3 Å². The first-order valence-electron chi connectivity index (χ1n) is 5.47. The molecule has 84 valence electrons. The molecule has 0 radical (unpaired) electrons. The van der Waals surface area contributed by atoms with E-state index in [0.29, 0.717) is 5.92 Å². The molecule has 1 nitrogen and oxygen atoms in total. The Kier molecular flexibility index (Phi) is 3.70. The van der Waals surface area contributed by atoms with Gasteiger partial charge < -0.3 is 4.74 Å². The zero-order valence-electron chi connectivity index (χ0n) is 9.25. The summed E-state index contributed by atoms with van der Waals surface area (Å²) >= 11 is 8.36. The number of thiophene rings is 1. The Bertz CT molecular complexity index is 328. The maximum absolute atomic E-state index is 6.53. The average molecular weight is 245 g/mol. The number of rotatable bonds is 2. The van der Waals surface area contributed by atoms with Gasteiger partial charge in [0, 0.05) is 22.3 Å². The third-order valence-corrected chi connectivity index (χ3v) is 4.88. The Morgan fingerprint density at radius 3 is 2.87 bits per heavy atom. The van der Waals surface area contributed by atoms with Crippen molar-refractivity contribution in [3.63, 3.8) is 0 Å². The van der Waals surface area contributed by atoms with Gasteiger partial charge >= 0.3 is 0 Å². The number of alkyl halides is 1. The second-order valence-corrected chi connectivity index (χ2v) is 6.04. The average Bonchev–Trinajstić information content (AvgIpc) is 2.58. The number of ether oxygens (including phenoxy) is 1. The second kappa shape index (κ2) is 4.86. The number of aryl methyl sites for hydroxylation is 2. The fourth-order valence-electron chi connectivity index (χ4n) is 2.14. The molecule has 1 aliphatic rings. The molecule has 2 rings (SSSR count). The SMILES string of the molecule is Cc1cc(C)c(C(Cl)C2CCCOC2)s1. The summed E-state index contributed by atoms with van der Waals surface area (Å²) in [5, 5.41) is 0.143. The summed E-state index contributed by atoms with van der Waals surface area (Å²) < 4.78 is 5.49. The predicted octanol–water partition coefficient (Wildman–Crippen LogP) is 4.07. The lowest BCUT2D eigenvalue weighted by Gasteiger charge is -2.26. The minimum atomic E-state index is 0.143. The fourth-order valence-corrected chi connectivity index (χ4v) is 3.76. The van der Waals surface area contributed by atoms with E-state index in [2.05, 4.69) is 19.9 Å². The van der Waals surface area contributed by atoms with E-state index in [4.69, 9.17) is 16.3 Å². The third kappa shape index (κ3) is 2.55. The predicted molar refractivity (Wildman–Crippen MR) is 65.9 cm³/mol. The molecule has 2 atom stereocenters. The molecule has 1 aromatic rings. The Balaban J connectivity index is 2.12. The lowest BCUT2D eigenvalue weighted by Crippen LogP contribution is -2.21. The quantitative estimate of drug-likeness (QED) is 0.713. The summed E-state index contributed by atoms with van der Waals surface area (Å²) in [5.41, 5.74) is 1.34. The smallest absolute Gasteiger partial charge is 0.0731 e. The standard InChI is InChI=1S/C12H17ClOS/c1-8-6-9(2)15-12(8)11(13)10-4-3-5-14-7-10/h6,10-11H,3-5,7H2,1-2H3. The minimum absolute atomic E-state index is 0.143. The van der Waals surface area contributed by atoms with Gasteiger partial charge in [-0.15, -0.1) is 22.9 Å². The highest BCUT2D eigenvalue weighted by atomic mass is 35.5. The molecule has 2 heterocycles. The third-order valence-electron chi connectivity index (χ3n) is 2.94. The minimum Gasteiger partial charge on any atom is -0.381 e. The Morgan fingerprint density at radius 2 is 2.33 bits per heavy atom. The number of hydrogen-bond acceptors (Lipinski definition) is 2. The largest absolute Gasteiger partial charge is 0.381 e. The molecule has 1 aliphatic heterocycles. The van der Waals surface area contributed by atoms with E-state index in [0.717, 1.165) is 19.6 Å². The molecular weight excluding hydrogens is 228 g/mol. The van der Waals surface area contributed by atoms with Crippen LogP contribution in [0.15, 0.2) is 6.07 Å². The molecule has 1 fully saturated rings. The molecule has 0 amide bonds. The monoisotopic (exact) mass is 244 g/mol. The van der Waals surface area contributed by atoms with Crippen LogP contribution in [0.25, 0.3) is 0 Å². The van der Waals surface area contributed by atoms with Gasteiger partial charge in [0.25, 0.3) is 0 Å². The van der Waals surface area contributed by atoms with Crippen molar-refractivity contribution in [2.24, 2.45) is 5.92 Å². The van der Waals surface area contributed by atoms with E-state index in [9.17, 15) is 0 Å². The molecule has 15 heavy (non-hydrogen) atoms. The molecule has 1 aromatic heterocycles. The van der Waals surface area contributed by atoms with E-state index in [1.807, 2.05) is 11.3 Å². The molecule has 0 aromatic carbocycles. The zero-order chi connectivity index (χ0) is 10.8. The highest BCUT2D eigenvalue weighted by Gasteiger charge is 2.26. The lowest BCUT2D eigenvalue weighted by atomic mass is 9.96. The molecule has 0 aliphatic carbocycles. The van der Waals surface area contributed by atoms with Crippen molar-refractivity contribution in [3.8, 4) is 0 Å². The Labute approximate surface area is 100 Å². The first-order valence-corrected chi connectivity index (χ1v) is 6.72.